The van der Waals surface area contributed by atoms with E-state index in [9.17, 15) is 9.59 Å². The summed E-state index contributed by atoms with van der Waals surface area (Å²) < 4.78 is 5.45. The summed E-state index contributed by atoms with van der Waals surface area (Å²) in [6.07, 6.45) is 5.84. The minimum atomic E-state index is -0.109. The van der Waals surface area contributed by atoms with Crippen molar-refractivity contribution in [1.82, 2.24) is 19.9 Å². The normalized spacial score (nSPS) is 17.4. The zero-order valence-corrected chi connectivity index (χ0v) is 21.6. The van der Waals surface area contributed by atoms with E-state index in [1.165, 1.54) is 0 Å². The van der Waals surface area contributed by atoms with Crippen molar-refractivity contribution in [1.29, 1.82) is 0 Å². The predicted molar refractivity (Wildman–Crippen MR) is 142 cm³/mol. The fourth-order valence-corrected chi connectivity index (χ4v) is 5.26. The molecular weight excluding hydrogens is 490 g/mol. The molecule has 0 aliphatic carbocycles. The summed E-state index contributed by atoms with van der Waals surface area (Å²) in [7, 11) is 0. The summed E-state index contributed by atoms with van der Waals surface area (Å²) in [5.74, 6) is 0.919. The zero-order chi connectivity index (χ0) is 25.6. The Balaban J connectivity index is 1.15. The Morgan fingerprint density at radius 1 is 0.973 bits per heavy atom. The minimum absolute atomic E-state index is 0.00400. The van der Waals surface area contributed by atoms with Gasteiger partial charge >= 0.3 is 0 Å². The Hall–Kier alpha value is -3.23. The molecule has 2 aliphatic heterocycles. The van der Waals surface area contributed by atoms with E-state index in [0.29, 0.717) is 34.5 Å². The van der Waals surface area contributed by atoms with Gasteiger partial charge in [0.2, 0.25) is 17.6 Å². The molecule has 2 saturated heterocycles. The van der Waals surface area contributed by atoms with Gasteiger partial charge in [-0.1, -0.05) is 53.9 Å². The SMILES string of the molecule is O=C(Nc1ccccc1C(=O)N1CCCCCC1)C1CCN(Cc2nc(-c3cccc(Cl)c3)no2)CC1. The molecule has 0 atom stereocenters. The highest BCUT2D eigenvalue weighted by Gasteiger charge is 2.27. The highest BCUT2D eigenvalue weighted by molar-refractivity contribution is 6.30. The maximum absolute atomic E-state index is 13.2. The van der Waals surface area contributed by atoms with Gasteiger partial charge < -0.3 is 14.7 Å². The molecule has 2 amide bonds. The van der Waals surface area contributed by atoms with E-state index < -0.39 is 0 Å². The van der Waals surface area contributed by atoms with E-state index in [-0.39, 0.29) is 17.7 Å². The molecule has 3 heterocycles. The summed E-state index contributed by atoms with van der Waals surface area (Å²) in [6, 6.07) is 14.7. The van der Waals surface area contributed by atoms with Crippen LogP contribution in [-0.4, -0.2) is 57.9 Å². The Morgan fingerprint density at radius 2 is 1.73 bits per heavy atom. The van der Waals surface area contributed by atoms with Crippen LogP contribution in [0.1, 0.15) is 54.8 Å². The number of hydrogen-bond acceptors (Lipinski definition) is 6. The monoisotopic (exact) mass is 521 g/mol. The Labute approximate surface area is 222 Å². The molecule has 0 spiro atoms. The first-order valence-corrected chi connectivity index (χ1v) is 13.4. The van der Waals surface area contributed by atoms with Crippen LogP contribution in [0.4, 0.5) is 5.69 Å². The van der Waals surface area contributed by atoms with Gasteiger partial charge in [0, 0.05) is 29.6 Å². The van der Waals surface area contributed by atoms with E-state index in [1.807, 2.05) is 41.3 Å². The first kappa shape index (κ1) is 25.4. The van der Waals surface area contributed by atoms with Crippen molar-refractivity contribution in [2.75, 3.05) is 31.5 Å². The van der Waals surface area contributed by atoms with Crippen molar-refractivity contribution < 1.29 is 14.1 Å². The van der Waals surface area contributed by atoms with Gasteiger partial charge in [0.05, 0.1) is 17.8 Å². The summed E-state index contributed by atoms with van der Waals surface area (Å²) in [6.45, 7) is 3.60. The molecule has 0 saturated carbocycles. The number of halogens is 1. The van der Waals surface area contributed by atoms with Crippen LogP contribution < -0.4 is 5.32 Å². The lowest BCUT2D eigenvalue weighted by molar-refractivity contribution is -0.121. The van der Waals surface area contributed by atoms with Gasteiger partial charge in [-0.3, -0.25) is 14.5 Å². The van der Waals surface area contributed by atoms with E-state index in [1.54, 1.807) is 12.1 Å². The molecule has 0 radical (unpaired) electrons. The number of amides is 2. The number of para-hydroxylation sites is 1. The lowest BCUT2D eigenvalue weighted by atomic mass is 9.95. The number of nitrogens with zero attached hydrogens (tertiary/aromatic N) is 4. The maximum Gasteiger partial charge on any atom is 0.255 e. The third kappa shape index (κ3) is 6.37. The molecule has 9 heteroatoms. The van der Waals surface area contributed by atoms with E-state index in [4.69, 9.17) is 16.1 Å². The molecule has 2 aliphatic rings. The number of carbonyl (C=O) groups excluding carboxylic acids is 2. The quantitative estimate of drug-likeness (QED) is 0.476. The standard InChI is InChI=1S/C28H32ClN5O3/c29-22-9-7-8-21(18-22)26-31-25(37-32-26)19-33-16-12-20(13-17-33)27(35)30-24-11-4-3-10-23(24)28(36)34-14-5-1-2-6-15-34/h3-4,7-11,18,20H,1-2,5-6,12-17,19H2,(H,30,35). The molecule has 1 aromatic heterocycles. The number of carbonyl (C=O) groups is 2. The van der Waals surface area contributed by atoms with Crippen LogP contribution >= 0.6 is 11.6 Å². The largest absolute Gasteiger partial charge is 0.339 e. The smallest absolute Gasteiger partial charge is 0.255 e. The van der Waals surface area contributed by atoms with Crippen LogP contribution in [-0.2, 0) is 11.3 Å². The van der Waals surface area contributed by atoms with Crippen molar-refractivity contribution in [3.05, 3.63) is 65.0 Å². The number of nitrogens with one attached hydrogen (secondary N) is 1. The number of benzene rings is 2. The van der Waals surface area contributed by atoms with Crippen molar-refractivity contribution in [3.63, 3.8) is 0 Å². The van der Waals surface area contributed by atoms with E-state index in [2.05, 4.69) is 20.4 Å². The average Bonchev–Trinajstić information content (AvgIpc) is 3.21. The van der Waals surface area contributed by atoms with E-state index >= 15 is 0 Å². The molecule has 8 nitrogen and oxygen atoms in total. The van der Waals surface area contributed by atoms with Crippen LogP contribution in [0.3, 0.4) is 0 Å². The topological polar surface area (TPSA) is 91.6 Å². The van der Waals surface area contributed by atoms with Crippen LogP contribution in [0.25, 0.3) is 11.4 Å². The fourth-order valence-electron chi connectivity index (χ4n) is 5.07. The third-order valence-corrected chi connectivity index (χ3v) is 7.41. The van der Waals surface area contributed by atoms with Crippen molar-refractivity contribution in [3.8, 4) is 11.4 Å². The second-order valence-electron chi connectivity index (χ2n) is 9.81. The fraction of sp³-hybridized carbons (Fsp3) is 0.429. The van der Waals surface area contributed by atoms with Crippen molar-refractivity contribution in [2.45, 2.75) is 45.1 Å². The van der Waals surface area contributed by atoms with Gasteiger partial charge in [-0.2, -0.15) is 4.98 Å². The van der Waals surface area contributed by atoms with Crippen LogP contribution in [0.2, 0.25) is 5.02 Å². The minimum Gasteiger partial charge on any atom is -0.339 e. The van der Waals surface area contributed by atoms with Crippen molar-refractivity contribution >= 4 is 29.1 Å². The zero-order valence-electron chi connectivity index (χ0n) is 20.9. The molecule has 37 heavy (non-hydrogen) atoms. The predicted octanol–water partition coefficient (Wildman–Crippen LogP) is 5.26. The van der Waals surface area contributed by atoms with Crippen LogP contribution in [0.15, 0.2) is 53.1 Å². The molecular formula is C28H32ClN5O3. The first-order valence-electron chi connectivity index (χ1n) is 13.1. The maximum atomic E-state index is 13.2. The van der Waals surface area contributed by atoms with Gasteiger partial charge in [-0.05, 0) is 63.0 Å². The average molecular weight is 522 g/mol. The van der Waals surface area contributed by atoms with E-state index in [0.717, 1.165) is 70.3 Å². The van der Waals surface area contributed by atoms with Gasteiger partial charge in [0.1, 0.15) is 0 Å². The van der Waals surface area contributed by atoms with Gasteiger partial charge in [-0.15, -0.1) is 0 Å². The lowest BCUT2D eigenvalue weighted by Crippen LogP contribution is -2.38. The molecule has 2 fully saturated rings. The number of aromatic nitrogens is 2. The molecule has 194 valence electrons. The van der Waals surface area contributed by atoms with Crippen LogP contribution in [0.5, 0.6) is 0 Å². The molecule has 0 bridgehead atoms. The number of hydrogen-bond donors (Lipinski definition) is 1. The Kier molecular flexibility index (Phi) is 8.16. The summed E-state index contributed by atoms with van der Waals surface area (Å²) >= 11 is 6.07. The van der Waals surface area contributed by atoms with Gasteiger partial charge in [0.15, 0.2) is 0 Å². The molecule has 2 aromatic carbocycles. The summed E-state index contributed by atoms with van der Waals surface area (Å²) in [5.41, 5.74) is 1.98. The van der Waals surface area contributed by atoms with Crippen LogP contribution in [0, 0.1) is 5.92 Å². The van der Waals surface area contributed by atoms with Gasteiger partial charge in [0.25, 0.3) is 5.91 Å². The molecule has 1 N–H and O–H groups in total. The highest BCUT2D eigenvalue weighted by atomic mass is 35.5. The number of rotatable bonds is 6. The third-order valence-electron chi connectivity index (χ3n) is 7.18. The lowest BCUT2D eigenvalue weighted by Gasteiger charge is -2.30. The molecule has 5 rings (SSSR count). The summed E-state index contributed by atoms with van der Waals surface area (Å²) in [5, 5.41) is 7.75. The number of piperidine rings is 1. The number of anilines is 1. The second-order valence-corrected chi connectivity index (χ2v) is 10.3. The molecule has 3 aromatic rings. The first-order chi connectivity index (χ1) is 18.1. The Bertz CT molecular complexity index is 1230. The number of likely N-dealkylation sites (tertiary alicyclic amines) is 2. The Morgan fingerprint density at radius 3 is 2.49 bits per heavy atom. The highest BCUT2D eigenvalue weighted by Crippen LogP contribution is 2.25. The summed E-state index contributed by atoms with van der Waals surface area (Å²) in [4.78, 5) is 35.0. The van der Waals surface area contributed by atoms with Gasteiger partial charge in [-0.25, -0.2) is 0 Å². The second kappa shape index (κ2) is 11.9. The molecule has 0 unspecified atom stereocenters. The van der Waals surface area contributed by atoms with Crippen molar-refractivity contribution in [2.24, 2.45) is 5.92 Å².